The number of anilines is 1. The summed E-state index contributed by atoms with van der Waals surface area (Å²) in [6.45, 7) is 5.91. The van der Waals surface area contributed by atoms with Crippen LogP contribution in [0.5, 0.6) is 11.6 Å². The summed E-state index contributed by atoms with van der Waals surface area (Å²) in [6.07, 6.45) is 0. The van der Waals surface area contributed by atoms with Crippen LogP contribution in [0.2, 0.25) is 0 Å². The van der Waals surface area contributed by atoms with Crippen molar-refractivity contribution in [2.75, 3.05) is 12.4 Å². The van der Waals surface area contributed by atoms with Crippen LogP contribution in [0, 0.1) is 20.8 Å². The summed E-state index contributed by atoms with van der Waals surface area (Å²) >= 11 is 3.54. The molecule has 1 aromatic carbocycles. The minimum atomic E-state index is 0.540. The van der Waals surface area contributed by atoms with Gasteiger partial charge < -0.3 is 10.1 Å². The maximum Gasteiger partial charge on any atom is 0.224 e. The fourth-order valence-corrected chi connectivity index (χ4v) is 2.04. The molecule has 100 valence electrons. The minimum absolute atomic E-state index is 0.540. The first kappa shape index (κ1) is 13.8. The van der Waals surface area contributed by atoms with Gasteiger partial charge in [-0.2, -0.15) is 4.98 Å². The molecule has 1 heterocycles. The predicted octanol–water partition coefficient (Wildman–Crippen LogP) is 4.00. The third kappa shape index (κ3) is 3.23. The van der Waals surface area contributed by atoms with E-state index in [0.717, 1.165) is 27.2 Å². The highest BCUT2D eigenvalue weighted by Gasteiger charge is 2.07. The van der Waals surface area contributed by atoms with Crippen LogP contribution in [0.25, 0.3) is 0 Å². The molecule has 1 N–H and O–H groups in total. The standard InChI is InChI=1S/C14H16BrN3O/c1-8-5-11(6-9(2)14(8)15)19-13-7-12(16-4)17-10(3)18-13/h5-7H,1-4H3,(H,16,17,18). The summed E-state index contributed by atoms with van der Waals surface area (Å²) in [4.78, 5) is 8.51. The highest BCUT2D eigenvalue weighted by molar-refractivity contribution is 9.10. The summed E-state index contributed by atoms with van der Waals surface area (Å²) in [5.74, 6) is 2.73. The maximum atomic E-state index is 5.81. The Bertz CT molecular complexity index is 591. The van der Waals surface area contributed by atoms with Crippen LogP contribution in [0.1, 0.15) is 17.0 Å². The van der Waals surface area contributed by atoms with Crippen molar-refractivity contribution >= 4 is 21.7 Å². The van der Waals surface area contributed by atoms with Crippen molar-refractivity contribution in [2.24, 2.45) is 0 Å². The molecule has 19 heavy (non-hydrogen) atoms. The molecule has 0 fully saturated rings. The summed E-state index contributed by atoms with van der Waals surface area (Å²) in [7, 11) is 1.82. The molecule has 4 nitrogen and oxygen atoms in total. The third-order valence-electron chi connectivity index (χ3n) is 2.70. The van der Waals surface area contributed by atoms with Gasteiger partial charge in [-0.15, -0.1) is 0 Å². The van der Waals surface area contributed by atoms with Crippen LogP contribution < -0.4 is 10.1 Å². The minimum Gasteiger partial charge on any atom is -0.439 e. The molecule has 0 aliphatic carbocycles. The van der Waals surface area contributed by atoms with Crippen molar-refractivity contribution in [1.29, 1.82) is 0 Å². The van der Waals surface area contributed by atoms with Crippen molar-refractivity contribution in [1.82, 2.24) is 9.97 Å². The van der Waals surface area contributed by atoms with Crippen molar-refractivity contribution in [3.05, 3.63) is 39.6 Å². The number of hydrogen-bond acceptors (Lipinski definition) is 4. The number of benzene rings is 1. The van der Waals surface area contributed by atoms with Gasteiger partial charge in [-0.25, -0.2) is 4.98 Å². The van der Waals surface area contributed by atoms with Gasteiger partial charge in [-0.1, -0.05) is 15.9 Å². The monoisotopic (exact) mass is 321 g/mol. The maximum absolute atomic E-state index is 5.81. The van der Waals surface area contributed by atoms with E-state index in [1.165, 1.54) is 0 Å². The number of halogens is 1. The van der Waals surface area contributed by atoms with E-state index in [1.54, 1.807) is 6.07 Å². The summed E-state index contributed by atoms with van der Waals surface area (Å²) in [5, 5.41) is 2.99. The van der Waals surface area contributed by atoms with Crippen LogP contribution in [-0.4, -0.2) is 17.0 Å². The van der Waals surface area contributed by atoms with Gasteiger partial charge in [0.2, 0.25) is 5.88 Å². The lowest BCUT2D eigenvalue weighted by Crippen LogP contribution is -1.99. The Morgan fingerprint density at radius 1 is 1.05 bits per heavy atom. The molecular weight excluding hydrogens is 306 g/mol. The second-order valence-corrected chi connectivity index (χ2v) is 5.15. The molecule has 0 aliphatic rings. The fourth-order valence-electron chi connectivity index (χ4n) is 1.81. The molecule has 0 unspecified atom stereocenters. The van der Waals surface area contributed by atoms with Crippen molar-refractivity contribution in [3.8, 4) is 11.6 Å². The van der Waals surface area contributed by atoms with Crippen LogP contribution >= 0.6 is 15.9 Å². The smallest absolute Gasteiger partial charge is 0.224 e. The Morgan fingerprint density at radius 3 is 2.26 bits per heavy atom. The van der Waals surface area contributed by atoms with E-state index in [1.807, 2.05) is 40.0 Å². The molecule has 2 aromatic rings. The zero-order chi connectivity index (χ0) is 14.0. The van der Waals surface area contributed by atoms with Crippen molar-refractivity contribution in [2.45, 2.75) is 20.8 Å². The number of ether oxygens (including phenoxy) is 1. The Labute approximate surface area is 121 Å². The molecular formula is C14H16BrN3O. The second kappa shape index (κ2) is 5.57. The van der Waals surface area contributed by atoms with Gasteiger partial charge >= 0.3 is 0 Å². The average Bonchev–Trinajstić information content (AvgIpc) is 2.35. The first-order valence-corrected chi connectivity index (χ1v) is 6.77. The largest absolute Gasteiger partial charge is 0.439 e. The molecule has 1 aromatic heterocycles. The van der Waals surface area contributed by atoms with E-state index in [2.05, 4.69) is 31.2 Å². The van der Waals surface area contributed by atoms with Gasteiger partial charge in [-0.3, -0.25) is 0 Å². The Kier molecular flexibility index (Phi) is 4.04. The van der Waals surface area contributed by atoms with E-state index in [4.69, 9.17) is 4.74 Å². The third-order valence-corrected chi connectivity index (χ3v) is 3.95. The van der Waals surface area contributed by atoms with E-state index in [9.17, 15) is 0 Å². The fraction of sp³-hybridized carbons (Fsp3) is 0.286. The number of rotatable bonds is 3. The normalized spacial score (nSPS) is 10.4. The molecule has 0 atom stereocenters. The van der Waals surface area contributed by atoms with Crippen molar-refractivity contribution < 1.29 is 4.74 Å². The van der Waals surface area contributed by atoms with Gasteiger partial charge in [0.1, 0.15) is 17.4 Å². The molecule has 0 radical (unpaired) electrons. The molecule has 0 saturated heterocycles. The topological polar surface area (TPSA) is 47.0 Å². The summed E-state index contributed by atoms with van der Waals surface area (Å²) in [6, 6.07) is 5.74. The van der Waals surface area contributed by atoms with Gasteiger partial charge in [0, 0.05) is 17.6 Å². The van der Waals surface area contributed by atoms with Gasteiger partial charge in [0.25, 0.3) is 0 Å². The number of hydrogen-bond donors (Lipinski definition) is 1. The highest BCUT2D eigenvalue weighted by atomic mass is 79.9. The lowest BCUT2D eigenvalue weighted by Gasteiger charge is -2.10. The zero-order valence-corrected chi connectivity index (χ0v) is 13.0. The van der Waals surface area contributed by atoms with Gasteiger partial charge in [0.15, 0.2) is 0 Å². The number of nitrogens with one attached hydrogen (secondary N) is 1. The first-order chi connectivity index (χ1) is 8.99. The van der Waals surface area contributed by atoms with Gasteiger partial charge in [0.05, 0.1) is 0 Å². The second-order valence-electron chi connectivity index (χ2n) is 4.36. The van der Waals surface area contributed by atoms with Crippen LogP contribution in [-0.2, 0) is 0 Å². The Balaban J connectivity index is 2.33. The van der Waals surface area contributed by atoms with E-state index in [-0.39, 0.29) is 0 Å². The van der Waals surface area contributed by atoms with E-state index >= 15 is 0 Å². The molecule has 5 heteroatoms. The number of aromatic nitrogens is 2. The zero-order valence-electron chi connectivity index (χ0n) is 11.4. The highest BCUT2D eigenvalue weighted by Crippen LogP contribution is 2.29. The van der Waals surface area contributed by atoms with Crippen LogP contribution in [0.15, 0.2) is 22.7 Å². The SMILES string of the molecule is CNc1cc(Oc2cc(C)c(Br)c(C)c2)nc(C)n1. The van der Waals surface area contributed by atoms with Crippen LogP contribution in [0.4, 0.5) is 5.82 Å². The Hall–Kier alpha value is -1.62. The predicted molar refractivity (Wildman–Crippen MR) is 80.0 cm³/mol. The molecule has 0 aliphatic heterocycles. The number of aryl methyl sites for hydroxylation is 3. The average molecular weight is 322 g/mol. The molecule has 2 rings (SSSR count). The van der Waals surface area contributed by atoms with E-state index < -0.39 is 0 Å². The van der Waals surface area contributed by atoms with Crippen LogP contribution in [0.3, 0.4) is 0 Å². The van der Waals surface area contributed by atoms with E-state index in [0.29, 0.717) is 11.7 Å². The summed E-state index contributed by atoms with van der Waals surface area (Å²) in [5.41, 5.74) is 2.27. The summed E-state index contributed by atoms with van der Waals surface area (Å²) < 4.78 is 6.91. The lowest BCUT2D eigenvalue weighted by atomic mass is 10.1. The molecule has 0 spiro atoms. The molecule has 0 bridgehead atoms. The van der Waals surface area contributed by atoms with Gasteiger partial charge in [-0.05, 0) is 44.0 Å². The first-order valence-electron chi connectivity index (χ1n) is 5.97. The lowest BCUT2D eigenvalue weighted by molar-refractivity contribution is 0.459. The number of nitrogens with zero attached hydrogens (tertiary/aromatic N) is 2. The Morgan fingerprint density at radius 2 is 1.68 bits per heavy atom. The molecule has 0 saturated carbocycles. The van der Waals surface area contributed by atoms with Crippen molar-refractivity contribution in [3.63, 3.8) is 0 Å². The molecule has 0 amide bonds. The quantitative estimate of drug-likeness (QED) is 0.928.